The summed E-state index contributed by atoms with van der Waals surface area (Å²) < 4.78 is 2.11. The second kappa shape index (κ2) is 10.5. The van der Waals surface area contributed by atoms with Crippen LogP contribution in [0.25, 0.3) is 0 Å². The first kappa shape index (κ1) is 22.8. The predicted octanol–water partition coefficient (Wildman–Crippen LogP) is 5.08. The van der Waals surface area contributed by atoms with E-state index in [0.29, 0.717) is 29.7 Å². The molecular weight excluding hydrogens is 443 g/mol. The van der Waals surface area contributed by atoms with Gasteiger partial charge < -0.3 is 9.88 Å². The van der Waals surface area contributed by atoms with Crippen LogP contribution < -0.4 is 5.32 Å². The molecule has 1 fully saturated rings. The van der Waals surface area contributed by atoms with Gasteiger partial charge in [0.25, 0.3) is 0 Å². The molecule has 5 nitrogen and oxygen atoms in total. The van der Waals surface area contributed by atoms with Gasteiger partial charge in [-0.1, -0.05) is 53.5 Å². The second-order valence-corrected chi connectivity index (χ2v) is 9.23. The summed E-state index contributed by atoms with van der Waals surface area (Å²) in [7, 11) is 0. The highest BCUT2D eigenvalue weighted by molar-refractivity contribution is 6.35. The van der Waals surface area contributed by atoms with E-state index in [9.17, 15) is 4.79 Å². The van der Waals surface area contributed by atoms with Crippen LogP contribution in [-0.2, 0) is 24.4 Å². The Kier molecular flexibility index (Phi) is 7.51. The fourth-order valence-electron chi connectivity index (χ4n) is 4.26. The molecule has 4 rings (SSSR count). The molecule has 1 aromatic heterocycles. The van der Waals surface area contributed by atoms with Crippen LogP contribution in [0.15, 0.2) is 54.9 Å². The SMILES string of the molecule is Cc1nccn1Cc1cccc(CNC(=O)C2CCCN(Cc3c(Cl)cccc3Cl)C2)c1. The first-order chi connectivity index (χ1) is 15.5. The Bertz CT molecular complexity index is 1060. The molecule has 3 aromatic rings. The molecule has 0 bridgehead atoms. The molecule has 1 atom stereocenters. The van der Waals surface area contributed by atoms with Gasteiger partial charge in [-0.3, -0.25) is 9.69 Å². The first-order valence-corrected chi connectivity index (χ1v) is 11.7. The lowest BCUT2D eigenvalue weighted by Crippen LogP contribution is -2.42. The number of aryl methyl sites for hydroxylation is 1. The van der Waals surface area contributed by atoms with Crippen molar-refractivity contribution in [2.75, 3.05) is 13.1 Å². The van der Waals surface area contributed by atoms with Crippen molar-refractivity contribution in [3.63, 3.8) is 0 Å². The van der Waals surface area contributed by atoms with E-state index in [1.165, 1.54) is 5.56 Å². The number of piperidine rings is 1. The maximum absolute atomic E-state index is 12.9. The van der Waals surface area contributed by atoms with Crippen LogP contribution in [0.5, 0.6) is 0 Å². The van der Waals surface area contributed by atoms with Gasteiger partial charge in [-0.2, -0.15) is 0 Å². The highest BCUT2D eigenvalue weighted by atomic mass is 35.5. The molecule has 2 aromatic carbocycles. The monoisotopic (exact) mass is 470 g/mol. The summed E-state index contributed by atoms with van der Waals surface area (Å²) in [6, 6.07) is 13.9. The standard InChI is InChI=1S/C25H28Cl2N4O/c1-18-28-10-12-31(18)15-20-6-2-5-19(13-20)14-29-25(32)21-7-4-11-30(16-21)17-22-23(26)8-3-9-24(22)27/h2-3,5-6,8-10,12-13,21H,4,7,11,14-17H2,1H3,(H,29,32). The average molecular weight is 471 g/mol. The summed E-state index contributed by atoms with van der Waals surface area (Å²) >= 11 is 12.7. The minimum atomic E-state index is -0.0261. The van der Waals surface area contributed by atoms with Crippen LogP contribution >= 0.6 is 23.2 Å². The van der Waals surface area contributed by atoms with E-state index in [0.717, 1.165) is 42.9 Å². The van der Waals surface area contributed by atoms with Crippen LogP contribution in [0.2, 0.25) is 10.0 Å². The molecular formula is C25H28Cl2N4O. The van der Waals surface area contributed by atoms with Crippen LogP contribution in [0, 0.1) is 12.8 Å². The smallest absolute Gasteiger partial charge is 0.224 e. The largest absolute Gasteiger partial charge is 0.352 e. The molecule has 2 heterocycles. The number of aromatic nitrogens is 2. The van der Waals surface area contributed by atoms with Gasteiger partial charge in [0.15, 0.2) is 0 Å². The van der Waals surface area contributed by atoms with Gasteiger partial charge in [0.1, 0.15) is 5.82 Å². The number of carbonyl (C=O) groups is 1. The quantitative estimate of drug-likeness (QED) is 0.523. The Hall–Kier alpha value is -2.34. The van der Waals surface area contributed by atoms with E-state index in [2.05, 4.69) is 38.0 Å². The maximum Gasteiger partial charge on any atom is 0.224 e. The molecule has 1 unspecified atom stereocenters. The van der Waals surface area contributed by atoms with Crippen molar-refractivity contribution in [3.8, 4) is 0 Å². The molecule has 0 spiro atoms. The molecule has 1 saturated heterocycles. The number of hydrogen-bond donors (Lipinski definition) is 1. The van der Waals surface area contributed by atoms with Gasteiger partial charge in [-0.15, -0.1) is 0 Å². The average Bonchev–Trinajstić information content (AvgIpc) is 3.19. The Labute approximate surface area is 199 Å². The fourth-order valence-corrected chi connectivity index (χ4v) is 4.78. The number of halogens is 2. The number of imidazole rings is 1. The molecule has 0 aliphatic carbocycles. The number of rotatable bonds is 7. The highest BCUT2D eigenvalue weighted by Crippen LogP contribution is 2.27. The number of nitrogens with zero attached hydrogens (tertiary/aromatic N) is 3. The van der Waals surface area contributed by atoms with Crippen molar-refractivity contribution in [2.24, 2.45) is 5.92 Å². The summed E-state index contributed by atoms with van der Waals surface area (Å²) in [5, 5.41) is 4.49. The van der Waals surface area contributed by atoms with Crippen LogP contribution in [-0.4, -0.2) is 33.4 Å². The minimum Gasteiger partial charge on any atom is -0.352 e. The normalized spacial score (nSPS) is 16.8. The number of amides is 1. The van der Waals surface area contributed by atoms with Gasteiger partial charge in [-0.25, -0.2) is 4.98 Å². The predicted molar refractivity (Wildman–Crippen MR) is 129 cm³/mol. The maximum atomic E-state index is 12.9. The number of benzene rings is 2. The van der Waals surface area contributed by atoms with Crippen molar-refractivity contribution in [1.29, 1.82) is 0 Å². The zero-order valence-electron chi connectivity index (χ0n) is 18.2. The van der Waals surface area contributed by atoms with E-state index in [4.69, 9.17) is 23.2 Å². The van der Waals surface area contributed by atoms with Crippen LogP contribution in [0.3, 0.4) is 0 Å². The van der Waals surface area contributed by atoms with Crippen LogP contribution in [0.4, 0.5) is 0 Å². The number of nitrogens with one attached hydrogen (secondary N) is 1. The third-order valence-electron chi connectivity index (χ3n) is 6.05. The Morgan fingerprint density at radius 2 is 1.88 bits per heavy atom. The molecule has 1 N–H and O–H groups in total. The summed E-state index contributed by atoms with van der Waals surface area (Å²) in [4.78, 5) is 19.4. The third-order valence-corrected chi connectivity index (χ3v) is 6.76. The molecule has 0 radical (unpaired) electrons. The van der Waals surface area contributed by atoms with Gasteiger partial charge >= 0.3 is 0 Å². The van der Waals surface area contributed by atoms with Crippen molar-refractivity contribution >= 4 is 29.1 Å². The Morgan fingerprint density at radius 3 is 2.62 bits per heavy atom. The summed E-state index contributed by atoms with van der Waals surface area (Å²) in [6.07, 6.45) is 5.68. The lowest BCUT2D eigenvalue weighted by Gasteiger charge is -2.32. The van der Waals surface area contributed by atoms with Crippen LogP contribution in [0.1, 0.15) is 35.4 Å². The third kappa shape index (κ3) is 5.71. The van der Waals surface area contributed by atoms with Gasteiger partial charge in [0.2, 0.25) is 5.91 Å². The molecule has 7 heteroatoms. The lowest BCUT2D eigenvalue weighted by molar-refractivity contribution is -0.126. The van der Waals surface area contributed by atoms with Crippen molar-refractivity contribution in [3.05, 3.63) is 87.4 Å². The van der Waals surface area contributed by atoms with Gasteiger partial charge in [0, 0.05) is 54.2 Å². The van der Waals surface area contributed by atoms with Gasteiger partial charge in [0.05, 0.1) is 5.92 Å². The number of carbonyl (C=O) groups excluding carboxylic acids is 1. The first-order valence-electron chi connectivity index (χ1n) is 11.0. The lowest BCUT2D eigenvalue weighted by atomic mass is 9.96. The number of likely N-dealkylation sites (tertiary alicyclic amines) is 1. The Balaban J connectivity index is 1.32. The van der Waals surface area contributed by atoms with E-state index < -0.39 is 0 Å². The summed E-state index contributed by atoms with van der Waals surface area (Å²) in [5.41, 5.74) is 3.23. The van der Waals surface area contributed by atoms with E-state index in [-0.39, 0.29) is 11.8 Å². The van der Waals surface area contributed by atoms with Crippen molar-refractivity contribution in [2.45, 2.75) is 39.4 Å². The molecule has 1 aliphatic rings. The highest BCUT2D eigenvalue weighted by Gasteiger charge is 2.26. The molecule has 1 amide bonds. The fraction of sp³-hybridized carbons (Fsp3) is 0.360. The molecule has 0 saturated carbocycles. The minimum absolute atomic E-state index is 0.0261. The molecule has 32 heavy (non-hydrogen) atoms. The summed E-state index contributed by atoms with van der Waals surface area (Å²) in [5.74, 6) is 1.07. The molecule has 1 aliphatic heterocycles. The van der Waals surface area contributed by atoms with Crippen molar-refractivity contribution in [1.82, 2.24) is 19.8 Å². The zero-order chi connectivity index (χ0) is 22.5. The Morgan fingerprint density at radius 1 is 1.12 bits per heavy atom. The van der Waals surface area contributed by atoms with E-state index in [1.807, 2.05) is 43.6 Å². The van der Waals surface area contributed by atoms with Crippen molar-refractivity contribution < 1.29 is 4.79 Å². The summed E-state index contributed by atoms with van der Waals surface area (Å²) in [6.45, 7) is 5.63. The van der Waals surface area contributed by atoms with E-state index in [1.54, 1.807) is 0 Å². The topological polar surface area (TPSA) is 50.2 Å². The molecule has 168 valence electrons. The number of hydrogen-bond acceptors (Lipinski definition) is 3. The zero-order valence-corrected chi connectivity index (χ0v) is 19.7. The van der Waals surface area contributed by atoms with E-state index >= 15 is 0 Å². The van der Waals surface area contributed by atoms with Gasteiger partial charge in [-0.05, 0) is 49.6 Å². The second-order valence-electron chi connectivity index (χ2n) is 8.41.